The van der Waals surface area contributed by atoms with Crippen molar-refractivity contribution in [2.24, 2.45) is 0 Å². The fraction of sp³-hybridized carbons (Fsp3) is 0.409. The first-order valence-corrected chi connectivity index (χ1v) is 10.7. The number of carbonyl (C=O) groups excluding carboxylic acids is 1. The van der Waals surface area contributed by atoms with Gasteiger partial charge in [-0.3, -0.25) is 4.79 Å². The van der Waals surface area contributed by atoms with Crippen molar-refractivity contribution in [1.29, 1.82) is 5.26 Å². The van der Waals surface area contributed by atoms with Crippen molar-refractivity contribution in [3.8, 4) is 11.8 Å². The molecule has 3 rings (SSSR count). The molecular formula is C22H25N3O2S. The number of benzene rings is 1. The number of carbonyl (C=O) groups is 1. The minimum absolute atomic E-state index is 0.0519. The Morgan fingerprint density at radius 2 is 2.18 bits per heavy atom. The molecule has 0 saturated heterocycles. The van der Waals surface area contributed by atoms with E-state index >= 15 is 0 Å². The lowest BCUT2D eigenvalue weighted by molar-refractivity contribution is -0.118. The van der Waals surface area contributed by atoms with Crippen LogP contribution in [0, 0.1) is 18.3 Å². The standard InChI is InChI=1S/C22H25N3O2S/c1-16-6-4-8-19(12-16)27-11-5-10-24-21(26)15-28-22-18(14-23)13-17-7-2-3-9-20(17)25-22/h4,6,8,12-13H,2-3,5,7,9-11,15H2,1H3,(H,24,26). The SMILES string of the molecule is Cc1cccc(OCCCNC(=O)CSc2nc3c(cc2C#N)CCCC3)c1. The minimum Gasteiger partial charge on any atom is -0.494 e. The lowest BCUT2D eigenvalue weighted by Gasteiger charge is -2.16. The van der Waals surface area contributed by atoms with Crippen LogP contribution in [0.3, 0.4) is 0 Å². The number of amides is 1. The van der Waals surface area contributed by atoms with Gasteiger partial charge in [-0.25, -0.2) is 4.98 Å². The van der Waals surface area contributed by atoms with Crippen molar-refractivity contribution in [2.75, 3.05) is 18.9 Å². The number of nitrogens with zero attached hydrogens (tertiary/aromatic N) is 2. The number of nitriles is 1. The van der Waals surface area contributed by atoms with Crippen molar-refractivity contribution < 1.29 is 9.53 Å². The number of aromatic nitrogens is 1. The lowest BCUT2D eigenvalue weighted by Crippen LogP contribution is -2.27. The van der Waals surface area contributed by atoms with Gasteiger partial charge < -0.3 is 10.1 Å². The lowest BCUT2D eigenvalue weighted by atomic mass is 9.95. The maximum absolute atomic E-state index is 12.1. The maximum Gasteiger partial charge on any atom is 0.230 e. The second-order valence-corrected chi connectivity index (χ2v) is 7.89. The van der Waals surface area contributed by atoms with Gasteiger partial charge in [0.25, 0.3) is 0 Å². The number of pyridine rings is 1. The Morgan fingerprint density at radius 1 is 1.32 bits per heavy atom. The molecule has 28 heavy (non-hydrogen) atoms. The average molecular weight is 396 g/mol. The van der Waals surface area contributed by atoms with Crippen LogP contribution >= 0.6 is 11.8 Å². The predicted octanol–water partition coefficient (Wildman–Crippen LogP) is 3.82. The molecule has 0 aliphatic heterocycles. The summed E-state index contributed by atoms with van der Waals surface area (Å²) in [5, 5.41) is 12.9. The number of fused-ring (bicyclic) bond motifs is 1. The molecule has 0 bridgehead atoms. The molecule has 2 aromatic rings. The zero-order valence-corrected chi connectivity index (χ0v) is 17.0. The molecular weight excluding hydrogens is 370 g/mol. The highest BCUT2D eigenvalue weighted by molar-refractivity contribution is 8.00. The highest BCUT2D eigenvalue weighted by Crippen LogP contribution is 2.27. The molecule has 1 amide bonds. The summed E-state index contributed by atoms with van der Waals surface area (Å²) in [7, 11) is 0. The quantitative estimate of drug-likeness (QED) is 0.543. The Hall–Kier alpha value is -2.52. The van der Waals surface area contributed by atoms with Gasteiger partial charge in [0.1, 0.15) is 16.8 Å². The highest BCUT2D eigenvalue weighted by atomic mass is 32.2. The molecule has 1 aliphatic rings. The van der Waals surface area contributed by atoms with E-state index < -0.39 is 0 Å². The summed E-state index contributed by atoms with van der Waals surface area (Å²) >= 11 is 1.34. The third-order valence-corrected chi connectivity index (χ3v) is 5.62. The first-order valence-electron chi connectivity index (χ1n) is 9.67. The highest BCUT2D eigenvalue weighted by Gasteiger charge is 2.16. The molecule has 1 heterocycles. The van der Waals surface area contributed by atoms with Crippen molar-refractivity contribution in [3.63, 3.8) is 0 Å². The summed E-state index contributed by atoms with van der Waals surface area (Å²) in [6.45, 7) is 3.15. The predicted molar refractivity (Wildman–Crippen MR) is 111 cm³/mol. The van der Waals surface area contributed by atoms with Crippen LogP contribution in [-0.4, -0.2) is 29.8 Å². The van der Waals surface area contributed by atoms with Gasteiger partial charge in [-0.15, -0.1) is 0 Å². The minimum atomic E-state index is -0.0519. The number of thioether (sulfide) groups is 1. The number of ether oxygens (including phenoxy) is 1. The maximum atomic E-state index is 12.1. The zero-order valence-electron chi connectivity index (χ0n) is 16.2. The Labute approximate surface area is 170 Å². The molecule has 0 atom stereocenters. The van der Waals surface area contributed by atoms with Crippen LogP contribution in [0.15, 0.2) is 35.4 Å². The van der Waals surface area contributed by atoms with E-state index in [0.717, 1.165) is 49.1 Å². The molecule has 0 radical (unpaired) electrons. The van der Waals surface area contributed by atoms with E-state index in [2.05, 4.69) is 16.4 Å². The van der Waals surface area contributed by atoms with Crippen LogP contribution in [0.25, 0.3) is 0 Å². The van der Waals surface area contributed by atoms with E-state index in [1.54, 1.807) is 0 Å². The summed E-state index contributed by atoms with van der Waals surface area (Å²) in [5.74, 6) is 1.06. The second kappa shape index (κ2) is 10.1. The van der Waals surface area contributed by atoms with E-state index in [4.69, 9.17) is 4.74 Å². The molecule has 1 aliphatic carbocycles. The Kier molecular flexibility index (Phi) is 7.32. The molecule has 0 unspecified atom stereocenters. The molecule has 0 saturated carbocycles. The van der Waals surface area contributed by atoms with E-state index in [-0.39, 0.29) is 11.7 Å². The van der Waals surface area contributed by atoms with Gasteiger partial charge in [-0.1, -0.05) is 23.9 Å². The van der Waals surface area contributed by atoms with Crippen LogP contribution in [0.2, 0.25) is 0 Å². The Morgan fingerprint density at radius 3 is 3.00 bits per heavy atom. The number of hydrogen-bond acceptors (Lipinski definition) is 5. The molecule has 5 nitrogen and oxygen atoms in total. The van der Waals surface area contributed by atoms with Crippen molar-refractivity contribution in [3.05, 3.63) is 52.7 Å². The van der Waals surface area contributed by atoms with Crippen molar-refractivity contribution >= 4 is 17.7 Å². The molecule has 0 fully saturated rings. The van der Waals surface area contributed by atoms with E-state index in [1.165, 1.54) is 17.3 Å². The summed E-state index contributed by atoms with van der Waals surface area (Å²) in [4.78, 5) is 16.7. The van der Waals surface area contributed by atoms with Crippen LogP contribution in [0.5, 0.6) is 5.75 Å². The zero-order chi connectivity index (χ0) is 19.8. The van der Waals surface area contributed by atoms with Crippen LogP contribution in [-0.2, 0) is 17.6 Å². The number of aryl methyl sites for hydroxylation is 3. The van der Waals surface area contributed by atoms with Gasteiger partial charge in [0, 0.05) is 12.2 Å². The fourth-order valence-electron chi connectivity index (χ4n) is 3.18. The smallest absolute Gasteiger partial charge is 0.230 e. The van der Waals surface area contributed by atoms with Crippen LogP contribution < -0.4 is 10.1 Å². The monoisotopic (exact) mass is 395 g/mol. The Balaban J connectivity index is 1.40. The van der Waals surface area contributed by atoms with Crippen LogP contribution in [0.1, 0.15) is 41.6 Å². The van der Waals surface area contributed by atoms with Gasteiger partial charge in [-0.05, 0) is 68.4 Å². The third-order valence-electron chi connectivity index (χ3n) is 4.63. The average Bonchev–Trinajstić information content (AvgIpc) is 2.71. The number of rotatable bonds is 8. The summed E-state index contributed by atoms with van der Waals surface area (Å²) in [6, 6.07) is 12.1. The van der Waals surface area contributed by atoms with Crippen LogP contribution in [0.4, 0.5) is 0 Å². The van der Waals surface area contributed by atoms with Crippen molar-refractivity contribution in [1.82, 2.24) is 10.3 Å². The summed E-state index contributed by atoms with van der Waals surface area (Å²) in [5.41, 5.74) is 4.01. The second-order valence-electron chi connectivity index (χ2n) is 6.92. The number of hydrogen-bond donors (Lipinski definition) is 1. The summed E-state index contributed by atoms with van der Waals surface area (Å²) in [6.07, 6.45) is 4.99. The van der Waals surface area contributed by atoms with Gasteiger partial charge >= 0.3 is 0 Å². The molecule has 1 N–H and O–H groups in total. The van der Waals surface area contributed by atoms with E-state index in [9.17, 15) is 10.1 Å². The van der Waals surface area contributed by atoms with E-state index in [1.807, 2.05) is 37.3 Å². The molecule has 1 aromatic heterocycles. The first-order chi connectivity index (χ1) is 13.7. The third kappa shape index (κ3) is 5.74. The topological polar surface area (TPSA) is 75.0 Å². The van der Waals surface area contributed by atoms with E-state index in [0.29, 0.717) is 23.7 Å². The molecule has 6 heteroatoms. The molecule has 146 valence electrons. The van der Waals surface area contributed by atoms with Crippen molar-refractivity contribution in [2.45, 2.75) is 44.1 Å². The normalized spacial score (nSPS) is 12.7. The summed E-state index contributed by atoms with van der Waals surface area (Å²) < 4.78 is 5.68. The van der Waals surface area contributed by atoms with Gasteiger partial charge in [0.2, 0.25) is 5.91 Å². The van der Waals surface area contributed by atoms with Gasteiger partial charge in [-0.2, -0.15) is 5.26 Å². The molecule has 1 aromatic carbocycles. The first kappa shape index (κ1) is 20.2. The van der Waals surface area contributed by atoms with Gasteiger partial charge in [0.05, 0.1) is 17.9 Å². The fourth-order valence-corrected chi connectivity index (χ4v) is 3.99. The largest absolute Gasteiger partial charge is 0.494 e. The van der Waals surface area contributed by atoms with Gasteiger partial charge in [0.15, 0.2) is 0 Å². The molecule has 0 spiro atoms. The Bertz CT molecular complexity index is 877. The number of nitrogens with one attached hydrogen (secondary N) is 1.